The fraction of sp³-hybridized carbons (Fsp3) is 0.588. The number of hydrogen-bond acceptors (Lipinski definition) is 4. The van der Waals surface area contributed by atoms with Crippen molar-refractivity contribution >= 4 is 16.0 Å². The molecule has 0 bridgehead atoms. The van der Waals surface area contributed by atoms with Gasteiger partial charge in [-0.2, -0.15) is 0 Å². The van der Waals surface area contributed by atoms with Crippen LogP contribution in [0.25, 0.3) is 0 Å². The van der Waals surface area contributed by atoms with Crippen LogP contribution in [0.3, 0.4) is 0 Å². The number of hydrogen-bond donors (Lipinski definition) is 3. The third kappa shape index (κ3) is 7.74. The van der Waals surface area contributed by atoms with Gasteiger partial charge >= 0.3 is 0 Å². The fourth-order valence-electron chi connectivity index (χ4n) is 2.39. The van der Waals surface area contributed by atoms with Crippen LogP contribution in [-0.2, 0) is 10.0 Å². The van der Waals surface area contributed by atoms with E-state index in [1.54, 1.807) is 7.05 Å². The molecule has 1 aromatic carbocycles. The summed E-state index contributed by atoms with van der Waals surface area (Å²) < 4.78 is 32.1. The smallest absolute Gasteiger partial charge is 0.213 e. The second-order valence-electron chi connectivity index (χ2n) is 6.05. The standard InChI is InChI=1S/C17H28N4O3S/c1-18-17(19-10-12-24-16-8-3-2-4-9-16)20-11-13-25(22,23)21-14-15-6-5-7-15/h2-4,8-9,15,21H,5-7,10-14H2,1H3,(H2,18,19,20). The Morgan fingerprint density at radius 3 is 2.56 bits per heavy atom. The highest BCUT2D eigenvalue weighted by Gasteiger charge is 2.19. The van der Waals surface area contributed by atoms with E-state index in [1.807, 2.05) is 30.3 Å². The van der Waals surface area contributed by atoms with Gasteiger partial charge in [0.15, 0.2) is 5.96 Å². The zero-order valence-electron chi connectivity index (χ0n) is 14.7. The lowest BCUT2D eigenvalue weighted by atomic mass is 9.86. The van der Waals surface area contributed by atoms with Crippen molar-refractivity contribution in [2.24, 2.45) is 10.9 Å². The Bertz CT molecular complexity index is 631. The zero-order valence-corrected chi connectivity index (χ0v) is 15.5. The van der Waals surface area contributed by atoms with Gasteiger partial charge in [0.1, 0.15) is 12.4 Å². The summed E-state index contributed by atoms with van der Waals surface area (Å²) in [7, 11) is -1.59. The van der Waals surface area contributed by atoms with Crippen molar-refractivity contribution in [1.82, 2.24) is 15.4 Å². The van der Waals surface area contributed by atoms with Crippen LogP contribution in [-0.4, -0.2) is 53.4 Å². The minimum atomic E-state index is -3.24. The molecule has 0 amide bonds. The molecular formula is C17H28N4O3S. The molecule has 3 N–H and O–H groups in total. The molecule has 0 heterocycles. The van der Waals surface area contributed by atoms with E-state index in [-0.39, 0.29) is 5.75 Å². The van der Waals surface area contributed by atoms with Crippen molar-refractivity contribution in [3.8, 4) is 5.75 Å². The minimum absolute atomic E-state index is 0.0287. The summed E-state index contributed by atoms with van der Waals surface area (Å²) in [4.78, 5) is 4.07. The van der Waals surface area contributed by atoms with Gasteiger partial charge in [0.2, 0.25) is 10.0 Å². The van der Waals surface area contributed by atoms with Gasteiger partial charge in [-0.15, -0.1) is 0 Å². The van der Waals surface area contributed by atoms with Crippen molar-refractivity contribution < 1.29 is 13.2 Å². The molecule has 1 aromatic rings. The van der Waals surface area contributed by atoms with Crippen LogP contribution in [0.2, 0.25) is 0 Å². The highest BCUT2D eigenvalue weighted by Crippen LogP contribution is 2.25. The Labute approximate surface area is 150 Å². The summed E-state index contributed by atoms with van der Waals surface area (Å²) in [6, 6.07) is 9.57. The topological polar surface area (TPSA) is 91.8 Å². The summed E-state index contributed by atoms with van der Waals surface area (Å²) in [5.74, 6) is 1.92. The molecule has 1 fully saturated rings. The van der Waals surface area contributed by atoms with Gasteiger partial charge in [0.25, 0.3) is 0 Å². The number of rotatable bonds is 10. The number of para-hydroxylation sites is 1. The fourth-order valence-corrected chi connectivity index (χ4v) is 3.40. The van der Waals surface area contributed by atoms with E-state index in [0.29, 0.717) is 38.1 Å². The molecular weight excluding hydrogens is 340 g/mol. The minimum Gasteiger partial charge on any atom is -0.492 e. The number of aliphatic imine (C=N–C) groups is 1. The van der Waals surface area contributed by atoms with Crippen LogP contribution in [0.5, 0.6) is 5.75 Å². The quantitative estimate of drug-likeness (QED) is 0.325. The summed E-state index contributed by atoms with van der Waals surface area (Å²) in [5.41, 5.74) is 0. The molecule has 0 atom stereocenters. The van der Waals surface area contributed by atoms with Gasteiger partial charge in [-0.1, -0.05) is 24.6 Å². The van der Waals surface area contributed by atoms with Crippen molar-refractivity contribution in [2.45, 2.75) is 19.3 Å². The molecule has 0 spiro atoms. The van der Waals surface area contributed by atoms with Gasteiger partial charge in [0, 0.05) is 20.1 Å². The summed E-state index contributed by atoms with van der Waals surface area (Å²) >= 11 is 0. The Balaban J connectivity index is 1.57. The molecule has 1 saturated carbocycles. The Hall–Kier alpha value is -1.80. The van der Waals surface area contributed by atoms with E-state index in [0.717, 1.165) is 18.6 Å². The zero-order chi connectivity index (χ0) is 18.0. The lowest BCUT2D eigenvalue weighted by Gasteiger charge is -2.25. The first-order valence-corrected chi connectivity index (χ1v) is 10.3. The highest BCUT2D eigenvalue weighted by molar-refractivity contribution is 7.89. The molecule has 0 aromatic heterocycles. The third-order valence-electron chi connectivity index (χ3n) is 4.11. The first-order valence-electron chi connectivity index (χ1n) is 8.69. The van der Waals surface area contributed by atoms with Crippen LogP contribution in [0, 0.1) is 5.92 Å². The average Bonchev–Trinajstić information content (AvgIpc) is 2.56. The maximum atomic E-state index is 11.9. The molecule has 1 aliphatic carbocycles. The predicted molar refractivity (Wildman–Crippen MR) is 100 cm³/mol. The number of ether oxygens (including phenoxy) is 1. The summed E-state index contributed by atoms with van der Waals surface area (Å²) in [6.07, 6.45) is 3.47. The number of guanidine groups is 1. The normalized spacial score (nSPS) is 15.5. The first-order chi connectivity index (χ1) is 12.1. The van der Waals surface area contributed by atoms with Gasteiger partial charge in [-0.3, -0.25) is 4.99 Å². The molecule has 0 saturated heterocycles. The van der Waals surface area contributed by atoms with Gasteiger partial charge in [-0.25, -0.2) is 13.1 Å². The van der Waals surface area contributed by atoms with E-state index in [2.05, 4.69) is 20.3 Å². The number of benzene rings is 1. The average molecular weight is 369 g/mol. The Morgan fingerprint density at radius 2 is 1.92 bits per heavy atom. The molecule has 7 nitrogen and oxygen atoms in total. The highest BCUT2D eigenvalue weighted by atomic mass is 32.2. The molecule has 25 heavy (non-hydrogen) atoms. The van der Waals surface area contributed by atoms with Gasteiger partial charge < -0.3 is 15.4 Å². The number of nitrogens with zero attached hydrogens (tertiary/aromatic N) is 1. The first kappa shape index (κ1) is 19.5. The molecule has 1 aliphatic rings. The molecule has 0 unspecified atom stereocenters. The van der Waals surface area contributed by atoms with Crippen molar-refractivity contribution in [1.29, 1.82) is 0 Å². The Kier molecular flexibility index (Phi) is 8.00. The van der Waals surface area contributed by atoms with Crippen LogP contribution in [0.4, 0.5) is 0 Å². The van der Waals surface area contributed by atoms with E-state index in [9.17, 15) is 8.42 Å². The molecule has 8 heteroatoms. The van der Waals surface area contributed by atoms with Crippen molar-refractivity contribution in [3.05, 3.63) is 30.3 Å². The second-order valence-corrected chi connectivity index (χ2v) is 7.98. The van der Waals surface area contributed by atoms with Crippen molar-refractivity contribution in [2.75, 3.05) is 39.0 Å². The molecule has 0 aliphatic heterocycles. The number of nitrogens with one attached hydrogen (secondary N) is 3. The van der Waals surface area contributed by atoms with Crippen LogP contribution in [0.15, 0.2) is 35.3 Å². The van der Waals surface area contributed by atoms with Crippen LogP contribution in [0.1, 0.15) is 19.3 Å². The molecule has 140 valence electrons. The lowest BCUT2D eigenvalue weighted by Crippen LogP contribution is -2.43. The summed E-state index contributed by atoms with van der Waals surface area (Å²) in [6.45, 7) is 1.93. The maximum absolute atomic E-state index is 11.9. The third-order valence-corrected chi connectivity index (χ3v) is 5.46. The summed E-state index contributed by atoms with van der Waals surface area (Å²) in [5, 5.41) is 6.10. The van der Waals surface area contributed by atoms with E-state index in [4.69, 9.17) is 4.74 Å². The molecule has 0 radical (unpaired) electrons. The maximum Gasteiger partial charge on any atom is 0.213 e. The van der Waals surface area contributed by atoms with E-state index >= 15 is 0 Å². The molecule has 2 rings (SSSR count). The van der Waals surface area contributed by atoms with Gasteiger partial charge in [-0.05, 0) is 30.9 Å². The van der Waals surface area contributed by atoms with E-state index in [1.165, 1.54) is 6.42 Å². The second kappa shape index (κ2) is 10.2. The largest absolute Gasteiger partial charge is 0.492 e. The SMILES string of the molecule is CN=C(NCCOc1ccccc1)NCCS(=O)(=O)NCC1CCC1. The number of sulfonamides is 1. The van der Waals surface area contributed by atoms with Crippen LogP contribution < -0.4 is 20.1 Å². The lowest BCUT2D eigenvalue weighted by molar-refractivity contribution is 0.316. The van der Waals surface area contributed by atoms with Gasteiger partial charge in [0.05, 0.1) is 12.3 Å². The Morgan fingerprint density at radius 1 is 1.20 bits per heavy atom. The van der Waals surface area contributed by atoms with Crippen molar-refractivity contribution in [3.63, 3.8) is 0 Å². The van der Waals surface area contributed by atoms with Crippen LogP contribution >= 0.6 is 0 Å². The monoisotopic (exact) mass is 368 g/mol. The predicted octanol–water partition coefficient (Wildman–Crippen LogP) is 0.950. The van der Waals surface area contributed by atoms with E-state index < -0.39 is 10.0 Å².